The molecule has 14 heavy (non-hydrogen) atoms. The first kappa shape index (κ1) is 11.1. The highest BCUT2D eigenvalue weighted by Gasteiger charge is 2.15. The number of ether oxygens (including phenoxy) is 1. The molecule has 1 rings (SSSR count). The molecule has 0 saturated heterocycles. The van der Waals surface area contributed by atoms with Crippen LogP contribution in [-0.2, 0) is 4.74 Å². The number of hydrogen-bond acceptors (Lipinski definition) is 2. The Kier molecular flexibility index (Phi) is 3.55. The highest BCUT2D eigenvalue weighted by atomic mass is 16.6. The zero-order valence-corrected chi connectivity index (χ0v) is 9.22. The van der Waals surface area contributed by atoms with Crippen LogP contribution in [0.3, 0.4) is 0 Å². The number of carbonyl (C=O) groups excluding carboxylic acids is 1. The molecule has 0 spiro atoms. The van der Waals surface area contributed by atoms with E-state index in [0.717, 1.165) is 12.8 Å². The summed E-state index contributed by atoms with van der Waals surface area (Å²) in [6.45, 7) is 6.29. The summed E-state index contributed by atoms with van der Waals surface area (Å²) in [6.07, 6.45) is 5.18. The van der Waals surface area contributed by atoms with Crippen molar-refractivity contribution < 1.29 is 9.53 Å². The van der Waals surface area contributed by atoms with Crippen molar-refractivity contribution in [2.45, 2.75) is 45.6 Å². The van der Waals surface area contributed by atoms with E-state index in [9.17, 15) is 4.79 Å². The number of rotatable bonds is 4. The van der Waals surface area contributed by atoms with Gasteiger partial charge in [0, 0.05) is 6.54 Å². The number of allylic oxidation sites excluding steroid dienone is 2. The summed E-state index contributed by atoms with van der Waals surface area (Å²) < 4.78 is 5.10. The largest absolute Gasteiger partial charge is 0.444 e. The van der Waals surface area contributed by atoms with Gasteiger partial charge in [0.15, 0.2) is 0 Å². The molecule has 1 aliphatic rings. The van der Waals surface area contributed by atoms with Crippen molar-refractivity contribution >= 4 is 6.09 Å². The van der Waals surface area contributed by atoms with Gasteiger partial charge in [0.1, 0.15) is 5.60 Å². The van der Waals surface area contributed by atoms with E-state index < -0.39 is 5.60 Å². The van der Waals surface area contributed by atoms with Crippen LogP contribution in [0.1, 0.15) is 40.0 Å². The Bertz CT molecular complexity index is 238. The minimum absolute atomic E-state index is 0.317. The molecule has 80 valence electrons. The third-order valence-electron chi connectivity index (χ3n) is 1.84. The predicted molar refractivity (Wildman–Crippen MR) is 56.2 cm³/mol. The van der Waals surface area contributed by atoms with Crippen LogP contribution in [0.2, 0.25) is 0 Å². The van der Waals surface area contributed by atoms with Crippen LogP contribution in [0.25, 0.3) is 0 Å². The SMILES string of the molecule is CC(C)(C)OC(=O)NCCCC1=CC1. The highest BCUT2D eigenvalue weighted by Crippen LogP contribution is 2.22. The molecule has 0 aliphatic heterocycles. The fourth-order valence-electron chi connectivity index (χ4n) is 1.10. The van der Waals surface area contributed by atoms with Crippen LogP contribution in [-0.4, -0.2) is 18.2 Å². The smallest absolute Gasteiger partial charge is 0.407 e. The molecule has 0 aromatic carbocycles. The van der Waals surface area contributed by atoms with Gasteiger partial charge in [-0.1, -0.05) is 11.6 Å². The Morgan fingerprint density at radius 1 is 1.57 bits per heavy atom. The lowest BCUT2D eigenvalue weighted by Gasteiger charge is -2.19. The van der Waals surface area contributed by atoms with Crippen LogP contribution in [0.15, 0.2) is 11.6 Å². The zero-order valence-electron chi connectivity index (χ0n) is 9.22. The second-order valence-electron chi connectivity index (χ2n) is 4.60. The quantitative estimate of drug-likeness (QED) is 0.555. The molecule has 0 atom stereocenters. The van der Waals surface area contributed by atoms with Crippen LogP contribution >= 0.6 is 0 Å². The van der Waals surface area contributed by atoms with Crippen molar-refractivity contribution in [2.24, 2.45) is 0 Å². The van der Waals surface area contributed by atoms with E-state index in [1.807, 2.05) is 20.8 Å². The summed E-state index contributed by atoms with van der Waals surface area (Å²) in [6, 6.07) is 0. The Balaban J connectivity index is 1.99. The molecule has 0 radical (unpaired) electrons. The molecule has 1 N–H and O–H groups in total. The van der Waals surface area contributed by atoms with E-state index in [4.69, 9.17) is 4.74 Å². The van der Waals surface area contributed by atoms with Crippen LogP contribution in [0.5, 0.6) is 0 Å². The lowest BCUT2D eigenvalue weighted by atomic mass is 10.2. The molecule has 0 unspecified atom stereocenters. The van der Waals surface area contributed by atoms with Gasteiger partial charge in [0.05, 0.1) is 0 Å². The molecule has 0 fully saturated rings. The summed E-state index contributed by atoms with van der Waals surface area (Å²) in [5, 5.41) is 2.73. The van der Waals surface area contributed by atoms with Crippen molar-refractivity contribution in [1.82, 2.24) is 5.32 Å². The maximum atomic E-state index is 11.2. The number of alkyl carbamates (subject to hydrolysis) is 1. The van der Waals surface area contributed by atoms with Crippen molar-refractivity contribution in [3.63, 3.8) is 0 Å². The Morgan fingerprint density at radius 3 is 2.71 bits per heavy atom. The van der Waals surface area contributed by atoms with Gasteiger partial charge in [-0.25, -0.2) is 4.79 Å². The van der Waals surface area contributed by atoms with Gasteiger partial charge in [-0.2, -0.15) is 0 Å². The first-order valence-corrected chi connectivity index (χ1v) is 5.12. The molecule has 3 nitrogen and oxygen atoms in total. The molecule has 0 saturated carbocycles. The third kappa shape index (κ3) is 5.62. The van der Waals surface area contributed by atoms with E-state index in [1.165, 1.54) is 12.0 Å². The van der Waals surface area contributed by atoms with E-state index in [1.54, 1.807) is 0 Å². The average molecular weight is 197 g/mol. The summed E-state index contributed by atoms with van der Waals surface area (Å²) in [4.78, 5) is 11.2. The summed E-state index contributed by atoms with van der Waals surface area (Å²) >= 11 is 0. The van der Waals surface area contributed by atoms with Crippen molar-refractivity contribution in [3.8, 4) is 0 Å². The van der Waals surface area contributed by atoms with Gasteiger partial charge in [-0.05, 0) is 40.0 Å². The number of amides is 1. The van der Waals surface area contributed by atoms with E-state index in [0.29, 0.717) is 6.54 Å². The maximum absolute atomic E-state index is 11.2. The van der Waals surface area contributed by atoms with Crippen LogP contribution in [0, 0.1) is 0 Å². The van der Waals surface area contributed by atoms with Gasteiger partial charge in [-0.15, -0.1) is 0 Å². The zero-order chi connectivity index (χ0) is 10.6. The fourth-order valence-corrected chi connectivity index (χ4v) is 1.10. The lowest BCUT2D eigenvalue weighted by Crippen LogP contribution is -2.32. The third-order valence-corrected chi connectivity index (χ3v) is 1.84. The molecule has 1 aliphatic carbocycles. The molecule has 0 heterocycles. The van der Waals surface area contributed by atoms with E-state index >= 15 is 0 Å². The van der Waals surface area contributed by atoms with E-state index in [-0.39, 0.29) is 6.09 Å². The van der Waals surface area contributed by atoms with Crippen molar-refractivity contribution in [2.75, 3.05) is 6.54 Å². The summed E-state index contributed by atoms with van der Waals surface area (Å²) in [5.74, 6) is 0. The minimum Gasteiger partial charge on any atom is -0.444 e. The molecule has 1 amide bonds. The Morgan fingerprint density at radius 2 is 2.21 bits per heavy atom. The minimum atomic E-state index is -0.400. The van der Waals surface area contributed by atoms with Gasteiger partial charge in [-0.3, -0.25) is 0 Å². The van der Waals surface area contributed by atoms with Crippen molar-refractivity contribution in [1.29, 1.82) is 0 Å². The first-order valence-electron chi connectivity index (χ1n) is 5.12. The van der Waals surface area contributed by atoms with Gasteiger partial charge in [0.25, 0.3) is 0 Å². The van der Waals surface area contributed by atoms with E-state index in [2.05, 4.69) is 11.4 Å². The monoisotopic (exact) mass is 197 g/mol. The number of hydrogen-bond donors (Lipinski definition) is 1. The standard InChI is InChI=1S/C11H19NO2/c1-11(2,3)14-10(13)12-8-4-5-9-6-7-9/h6H,4-5,7-8H2,1-3H3,(H,12,13). The Labute approximate surface area is 85.5 Å². The van der Waals surface area contributed by atoms with Crippen LogP contribution in [0.4, 0.5) is 4.79 Å². The van der Waals surface area contributed by atoms with Gasteiger partial charge >= 0.3 is 6.09 Å². The number of nitrogens with one attached hydrogen (secondary N) is 1. The van der Waals surface area contributed by atoms with Gasteiger partial charge < -0.3 is 10.1 Å². The Hall–Kier alpha value is -0.990. The highest BCUT2D eigenvalue weighted by molar-refractivity contribution is 5.67. The molecule has 0 aromatic rings. The molecule has 0 aromatic heterocycles. The predicted octanol–water partition coefficient (Wildman–Crippen LogP) is 2.62. The topological polar surface area (TPSA) is 38.3 Å². The fraction of sp³-hybridized carbons (Fsp3) is 0.727. The van der Waals surface area contributed by atoms with Crippen molar-refractivity contribution in [3.05, 3.63) is 11.6 Å². The number of carbonyl (C=O) groups is 1. The molecule has 0 bridgehead atoms. The van der Waals surface area contributed by atoms with Crippen LogP contribution < -0.4 is 5.32 Å². The summed E-state index contributed by atoms with van der Waals surface area (Å²) in [5.41, 5.74) is 1.11. The lowest BCUT2D eigenvalue weighted by molar-refractivity contribution is 0.0527. The molecule has 3 heteroatoms. The maximum Gasteiger partial charge on any atom is 0.407 e. The van der Waals surface area contributed by atoms with Gasteiger partial charge in [0.2, 0.25) is 0 Å². The first-order chi connectivity index (χ1) is 6.47. The second-order valence-corrected chi connectivity index (χ2v) is 4.60. The average Bonchev–Trinajstić information content (AvgIpc) is 2.77. The molecular weight excluding hydrogens is 178 g/mol. The normalized spacial score (nSPS) is 14.6. The molecular formula is C11H19NO2. The second kappa shape index (κ2) is 4.49. The summed E-state index contributed by atoms with van der Waals surface area (Å²) in [7, 11) is 0.